The number of benzene rings is 3. The number of esters is 1. The highest BCUT2D eigenvalue weighted by molar-refractivity contribution is 5.94. The first-order valence-electron chi connectivity index (χ1n) is 8.69. The monoisotopic (exact) mass is 377 g/mol. The fourth-order valence-corrected chi connectivity index (χ4v) is 3.15. The van der Waals surface area contributed by atoms with Gasteiger partial charge in [-0.15, -0.1) is 0 Å². The van der Waals surface area contributed by atoms with Crippen LogP contribution in [0.3, 0.4) is 0 Å². The molecule has 0 spiro atoms. The van der Waals surface area contributed by atoms with Crippen LogP contribution in [0.2, 0.25) is 0 Å². The van der Waals surface area contributed by atoms with Crippen LogP contribution in [0.15, 0.2) is 72.8 Å². The molecule has 5 nitrogen and oxygen atoms in total. The van der Waals surface area contributed by atoms with Crippen molar-refractivity contribution in [1.29, 1.82) is 0 Å². The van der Waals surface area contributed by atoms with Crippen LogP contribution < -0.4 is 10.1 Å². The number of hydrogen-bond acceptors (Lipinski definition) is 4. The number of hydrogen-bond donors (Lipinski definition) is 1. The molecule has 0 bridgehead atoms. The maximum absolute atomic E-state index is 13.2. The van der Waals surface area contributed by atoms with E-state index >= 15 is 0 Å². The van der Waals surface area contributed by atoms with E-state index in [2.05, 4.69) is 5.32 Å². The molecule has 1 amide bonds. The number of amides is 1. The Morgan fingerprint density at radius 1 is 0.929 bits per heavy atom. The molecule has 0 atom stereocenters. The minimum Gasteiger partial charge on any atom is -0.457 e. The minimum absolute atomic E-state index is 0.294. The van der Waals surface area contributed by atoms with Gasteiger partial charge in [0, 0.05) is 16.8 Å². The number of rotatable bonds is 4. The lowest BCUT2D eigenvalue weighted by Gasteiger charge is -2.26. The number of carbonyl (C=O) groups is 2. The zero-order chi connectivity index (χ0) is 19.5. The van der Waals surface area contributed by atoms with Gasteiger partial charge in [-0.25, -0.2) is 4.39 Å². The van der Waals surface area contributed by atoms with Gasteiger partial charge in [0.15, 0.2) is 6.61 Å². The Balaban J connectivity index is 1.50. The van der Waals surface area contributed by atoms with Crippen molar-refractivity contribution in [2.45, 2.75) is 5.92 Å². The van der Waals surface area contributed by atoms with Crippen LogP contribution in [0.5, 0.6) is 11.5 Å². The molecule has 0 radical (unpaired) electrons. The summed E-state index contributed by atoms with van der Waals surface area (Å²) in [5.74, 6) is -1.11. The molecule has 3 aromatic rings. The molecule has 1 aliphatic rings. The van der Waals surface area contributed by atoms with Crippen molar-refractivity contribution in [1.82, 2.24) is 0 Å². The van der Waals surface area contributed by atoms with E-state index in [0.717, 1.165) is 0 Å². The van der Waals surface area contributed by atoms with Gasteiger partial charge in [-0.1, -0.05) is 42.5 Å². The van der Waals surface area contributed by atoms with Crippen LogP contribution in [0.25, 0.3) is 0 Å². The molecular weight excluding hydrogens is 361 g/mol. The van der Waals surface area contributed by atoms with Crippen LogP contribution in [0.4, 0.5) is 10.1 Å². The van der Waals surface area contributed by atoms with Gasteiger partial charge in [0.05, 0.1) is 0 Å². The van der Waals surface area contributed by atoms with Crippen molar-refractivity contribution in [2.75, 3.05) is 11.9 Å². The van der Waals surface area contributed by atoms with E-state index in [-0.39, 0.29) is 0 Å². The summed E-state index contributed by atoms with van der Waals surface area (Å²) < 4.78 is 24.3. The summed E-state index contributed by atoms with van der Waals surface area (Å²) in [6.07, 6.45) is 0. The smallest absolute Gasteiger partial charge is 0.318 e. The number of anilines is 1. The van der Waals surface area contributed by atoms with Gasteiger partial charge < -0.3 is 14.8 Å². The number of para-hydroxylation sites is 2. The van der Waals surface area contributed by atoms with Gasteiger partial charge in [0.2, 0.25) is 0 Å². The molecule has 1 N–H and O–H groups in total. The van der Waals surface area contributed by atoms with Crippen molar-refractivity contribution in [2.24, 2.45) is 0 Å². The molecule has 0 aromatic heterocycles. The molecule has 4 rings (SSSR count). The molecule has 140 valence electrons. The zero-order valence-corrected chi connectivity index (χ0v) is 14.7. The zero-order valence-electron chi connectivity index (χ0n) is 14.7. The third kappa shape index (κ3) is 3.57. The van der Waals surface area contributed by atoms with Crippen LogP contribution >= 0.6 is 0 Å². The topological polar surface area (TPSA) is 64.6 Å². The lowest BCUT2D eigenvalue weighted by atomic mass is 9.88. The highest BCUT2D eigenvalue weighted by atomic mass is 19.1. The Bertz CT molecular complexity index is 1000. The molecule has 0 unspecified atom stereocenters. The van der Waals surface area contributed by atoms with E-state index in [4.69, 9.17) is 9.47 Å². The van der Waals surface area contributed by atoms with E-state index in [1.54, 1.807) is 30.3 Å². The standard InChI is InChI=1S/C22H16FNO4/c23-14-6-5-7-15(12-14)24-20(25)13-27-22(26)21-16-8-1-3-10-18(16)28-19-11-4-2-9-17(19)21/h1-12,21H,13H2,(H,24,25). The Morgan fingerprint density at radius 2 is 1.57 bits per heavy atom. The number of halogens is 1. The minimum atomic E-state index is -0.692. The predicted molar refractivity (Wildman–Crippen MR) is 101 cm³/mol. The first-order valence-corrected chi connectivity index (χ1v) is 8.69. The Morgan fingerprint density at radius 3 is 2.21 bits per heavy atom. The van der Waals surface area contributed by atoms with E-state index in [1.807, 2.05) is 24.3 Å². The quantitative estimate of drug-likeness (QED) is 0.691. The van der Waals surface area contributed by atoms with E-state index in [0.29, 0.717) is 28.3 Å². The van der Waals surface area contributed by atoms with Gasteiger partial charge in [-0.05, 0) is 30.3 Å². The second kappa shape index (κ2) is 7.52. The van der Waals surface area contributed by atoms with Crippen LogP contribution in [-0.2, 0) is 14.3 Å². The number of ether oxygens (including phenoxy) is 2. The van der Waals surface area contributed by atoms with E-state index in [9.17, 15) is 14.0 Å². The summed E-state index contributed by atoms with van der Waals surface area (Å²) in [7, 11) is 0. The largest absolute Gasteiger partial charge is 0.457 e. The van der Waals surface area contributed by atoms with Gasteiger partial charge in [0.1, 0.15) is 23.2 Å². The van der Waals surface area contributed by atoms with Gasteiger partial charge in [-0.2, -0.15) is 0 Å². The molecule has 0 aliphatic carbocycles. The van der Waals surface area contributed by atoms with E-state index < -0.39 is 30.2 Å². The molecule has 28 heavy (non-hydrogen) atoms. The third-order valence-electron chi connectivity index (χ3n) is 4.37. The summed E-state index contributed by atoms with van der Waals surface area (Å²) in [6.45, 7) is -0.475. The first-order chi connectivity index (χ1) is 13.6. The summed E-state index contributed by atoms with van der Waals surface area (Å²) >= 11 is 0. The molecule has 6 heteroatoms. The highest BCUT2D eigenvalue weighted by Crippen LogP contribution is 2.44. The van der Waals surface area contributed by atoms with Crippen molar-refractivity contribution in [3.8, 4) is 11.5 Å². The molecule has 0 saturated carbocycles. The summed E-state index contributed by atoms with van der Waals surface area (Å²) in [4.78, 5) is 24.9. The predicted octanol–water partition coefficient (Wildman–Crippen LogP) is 4.25. The molecule has 3 aromatic carbocycles. The SMILES string of the molecule is O=C(COC(=O)C1c2ccccc2Oc2ccccc21)Nc1cccc(F)c1. The van der Waals surface area contributed by atoms with Crippen LogP contribution in [0, 0.1) is 5.82 Å². The Hall–Kier alpha value is -3.67. The molecular formula is C22H16FNO4. The molecule has 0 fully saturated rings. The Labute approximate surface area is 160 Å². The van der Waals surface area contributed by atoms with Crippen molar-refractivity contribution >= 4 is 17.6 Å². The maximum Gasteiger partial charge on any atom is 0.318 e. The normalized spacial score (nSPS) is 12.3. The van der Waals surface area contributed by atoms with Crippen molar-refractivity contribution in [3.63, 3.8) is 0 Å². The van der Waals surface area contributed by atoms with Crippen LogP contribution in [-0.4, -0.2) is 18.5 Å². The van der Waals surface area contributed by atoms with Crippen molar-refractivity contribution < 1.29 is 23.5 Å². The van der Waals surface area contributed by atoms with Gasteiger partial charge in [-0.3, -0.25) is 9.59 Å². The van der Waals surface area contributed by atoms with E-state index in [1.165, 1.54) is 18.2 Å². The average molecular weight is 377 g/mol. The fraction of sp³-hybridized carbons (Fsp3) is 0.0909. The van der Waals surface area contributed by atoms with Gasteiger partial charge in [0.25, 0.3) is 5.91 Å². The summed E-state index contributed by atoms with van der Waals surface area (Å²) in [5, 5.41) is 2.50. The first kappa shape index (κ1) is 17.7. The Kier molecular flexibility index (Phi) is 4.76. The summed E-state index contributed by atoms with van der Waals surface area (Å²) in [6, 6.07) is 19.9. The van der Waals surface area contributed by atoms with Crippen molar-refractivity contribution in [3.05, 3.63) is 89.7 Å². The number of nitrogens with one attached hydrogen (secondary N) is 1. The number of carbonyl (C=O) groups excluding carboxylic acids is 2. The summed E-state index contributed by atoms with van der Waals surface area (Å²) in [5.41, 5.74) is 1.65. The second-order valence-corrected chi connectivity index (χ2v) is 6.28. The number of fused-ring (bicyclic) bond motifs is 2. The molecule has 0 saturated heterocycles. The maximum atomic E-state index is 13.2. The lowest BCUT2D eigenvalue weighted by molar-refractivity contribution is -0.148. The van der Waals surface area contributed by atoms with Crippen LogP contribution in [0.1, 0.15) is 17.0 Å². The molecule has 1 aliphatic heterocycles. The molecule has 1 heterocycles. The second-order valence-electron chi connectivity index (χ2n) is 6.28. The lowest BCUT2D eigenvalue weighted by Crippen LogP contribution is -2.26. The average Bonchev–Trinajstić information content (AvgIpc) is 2.70. The highest BCUT2D eigenvalue weighted by Gasteiger charge is 2.33. The third-order valence-corrected chi connectivity index (χ3v) is 4.37. The fourth-order valence-electron chi connectivity index (χ4n) is 3.15. The van der Waals surface area contributed by atoms with Gasteiger partial charge >= 0.3 is 5.97 Å².